The fraction of sp³-hybridized carbons (Fsp3) is 0.389. The topological polar surface area (TPSA) is 29.1 Å². The third-order valence-corrected chi connectivity index (χ3v) is 4.69. The third kappa shape index (κ3) is 3.94. The van der Waals surface area contributed by atoms with Crippen molar-refractivity contribution in [1.82, 2.24) is 0 Å². The molecule has 0 fully saturated rings. The lowest BCUT2D eigenvalue weighted by Gasteiger charge is -2.07. The van der Waals surface area contributed by atoms with Gasteiger partial charge in [-0.2, -0.15) is 0 Å². The van der Waals surface area contributed by atoms with Crippen LogP contribution >= 0.6 is 11.3 Å². The van der Waals surface area contributed by atoms with Crippen LogP contribution in [-0.2, 0) is 6.42 Å². The highest BCUT2D eigenvalue weighted by Gasteiger charge is 2.12. The second-order valence-electron chi connectivity index (χ2n) is 5.67. The lowest BCUT2D eigenvalue weighted by atomic mass is 10.0. The molecule has 0 radical (unpaired) electrons. The lowest BCUT2D eigenvalue weighted by molar-refractivity contribution is 0.103. The maximum atomic E-state index is 12.3. The molecule has 3 heteroatoms. The van der Waals surface area contributed by atoms with Gasteiger partial charge in [0.05, 0.1) is 4.88 Å². The van der Waals surface area contributed by atoms with Crippen molar-refractivity contribution in [3.63, 3.8) is 0 Å². The van der Waals surface area contributed by atoms with Gasteiger partial charge in [-0.3, -0.25) is 4.79 Å². The second kappa shape index (κ2) is 6.90. The number of hydrogen-bond acceptors (Lipinski definition) is 2. The van der Waals surface area contributed by atoms with Crippen LogP contribution in [0.1, 0.15) is 58.8 Å². The molecule has 0 spiro atoms. The molecule has 1 amide bonds. The average molecular weight is 301 g/mol. The molecule has 1 aromatic heterocycles. The molecule has 0 saturated carbocycles. The van der Waals surface area contributed by atoms with E-state index in [0.29, 0.717) is 5.92 Å². The maximum Gasteiger partial charge on any atom is 0.265 e. The minimum absolute atomic E-state index is 0.0113. The number of rotatable bonds is 5. The van der Waals surface area contributed by atoms with Crippen LogP contribution in [0.4, 0.5) is 5.69 Å². The van der Waals surface area contributed by atoms with Gasteiger partial charge in [-0.15, -0.1) is 11.3 Å². The zero-order chi connectivity index (χ0) is 15.4. The zero-order valence-corrected chi connectivity index (χ0v) is 14.0. The molecule has 0 aliphatic heterocycles. The lowest BCUT2D eigenvalue weighted by Crippen LogP contribution is -2.10. The zero-order valence-electron chi connectivity index (χ0n) is 13.2. The molecule has 2 rings (SSSR count). The summed E-state index contributed by atoms with van der Waals surface area (Å²) >= 11 is 1.58. The minimum Gasteiger partial charge on any atom is -0.321 e. The SMILES string of the molecule is CCCc1cc(C(=O)Nc2ccc(C(C)C)cc2)sc1C. The van der Waals surface area contributed by atoms with E-state index in [1.54, 1.807) is 11.3 Å². The number of hydrogen-bond donors (Lipinski definition) is 1. The average Bonchev–Trinajstić information content (AvgIpc) is 2.81. The quantitative estimate of drug-likeness (QED) is 0.788. The van der Waals surface area contributed by atoms with E-state index in [2.05, 4.69) is 45.1 Å². The molecule has 2 nitrogen and oxygen atoms in total. The van der Waals surface area contributed by atoms with Gasteiger partial charge in [-0.25, -0.2) is 0 Å². The van der Waals surface area contributed by atoms with Crippen LogP contribution in [0.3, 0.4) is 0 Å². The number of carbonyl (C=O) groups is 1. The van der Waals surface area contributed by atoms with E-state index in [9.17, 15) is 4.79 Å². The van der Waals surface area contributed by atoms with Crippen molar-refractivity contribution in [2.24, 2.45) is 0 Å². The predicted molar refractivity (Wildman–Crippen MR) is 91.5 cm³/mol. The summed E-state index contributed by atoms with van der Waals surface area (Å²) in [6, 6.07) is 10.1. The van der Waals surface area contributed by atoms with Crippen LogP contribution < -0.4 is 5.32 Å². The van der Waals surface area contributed by atoms with Crippen molar-refractivity contribution in [3.8, 4) is 0 Å². The molecule has 1 heterocycles. The van der Waals surface area contributed by atoms with Gasteiger partial charge in [0.1, 0.15) is 0 Å². The molecule has 0 unspecified atom stereocenters. The predicted octanol–water partition coefficient (Wildman–Crippen LogP) is 5.38. The number of thiophene rings is 1. The van der Waals surface area contributed by atoms with Gasteiger partial charge in [0.2, 0.25) is 0 Å². The molecule has 21 heavy (non-hydrogen) atoms. The Kier molecular flexibility index (Phi) is 5.18. The highest BCUT2D eigenvalue weighted by molar-refractivity contribution is 7.14. The summed E-state index contributed by atoms with van der Waals surface area (Å²) in [5, 5.41) is 2.98. The first-order valence-corrected chi connectivity index (χ1v) is 8.33. The number of carbonyl (C=O) groups excluding carboxylic acids is 1. The molecule has 0 bridgehead atoms. The highest BCUT2D eigenvalue weighted by atomic mass is 32.1. The van der Waals surface area contributed by atoms with E-state index in [4.69, 9.17) is 0 Å². The summed E-state index contributed by atoms with van der Waals surface area (Å²) < 4.78 is 0. The Balaban J connectivity index is 2.08. The third-order valence-electron chi connectivity index (χ3n) is 3.60. The monoisotopic (exact) mass is 301 g/mol. The molecule has 112 valence electrons. The Morgan fingerprint density at radius 2 is 1.90 bits per heavy atom. The van der Waals surface area contributed by atoms with Crippen LogP contribution in [-0.4, -0.2) is 5.91 Å². The van der Waals surface area contributed by atoms with Crippen LogP contribution in [0.5, 0.6) is 0 Å². The minimum atomic E-state index is -0.0113. The van der Waals surface area contributed by atoms with Crippen LogP contribution in [0.15, 0.2) is 30.3 Å². The first-order valence-electron chi connectivity index (χ1n) is 7.52. The van der Waals surface area contributed by atoms with Crippen molar-refractivity contribution >= 4 is 22.9 Å². The molecule has 0 aliphatic carbocycles. The van der Waals surface area contributed by atoms with E-state index in [1.807, 2.05) is 18.2 Å². The van der Waals surface area contributed by atoms with Gasteiger partial charge in [0.25, 0.3) is 5.91 Å². The summed E-state index contributed by atoms with van der Waals surface area (Å²) in [5.74, 6) is 0.494. The smallest absolute Gasteiger partial charge is 0.265 e. The molecule has 1 N–H and O–H groups in total. The number of anilines is 1. The second-order valence-corrected chi connectivity index (χ2v) is 6.93. The van der Waals surface area contributed by atoms with E-state index >= 15 is 0 Å². The summed E-state index contributed by atoms with van der Waals surface area (Å²) in [5.41, 5.74) is 3.43. The Labute approximate surface area is 131 Å². The van der Waals surface area contributed by atoms with E-state index < -0.39 is 0 Å². The fourth-order valence-corrected chi connectivity index (χ4v) is 3.26. The van der Waals surface area contributed by atoms with E-state index in [-0.39, 0.29) is 5.91 Å². The molecular formula is C18H23NOS. The molecule has 0 atom stereocenters. The van der Waals surface area contributed by atoms with Crippen molar-refractivity contribution < 1.29 is 4.79 Å². The number of amides is 1. The summed E-state index contributed by atoms with van der Waals surface area (Å²) in [7, 11) is 0. The van der Waals surface area contributed by atoms with Crippen LogP contribution in [0, 0.1) is 6.92 Å². The Morgan fingerprint density at radius 1 is 1.24 bits per heavy atom. The maximum absolute atomic E-state index is 12.3. The molecule has 0 aliphatic rings. The van der Waals surface area contributed by atoms with Crippen molar-refractivity contribution in [3.05, 3.63) is 51.2 Å². The summed E-state index contributed by atoms with van der Waals surface area (Å²) in [6.07, 6.45) is 2.15. The Bertz CT molecular complexity index is 611. The fourth-order valence-electron chi connectivity index (χ4n) is 2.29. The van der Waals surface area contributed by atoms with Gasteiger partial charge in [0.15, 0.2) is 0 Å². The highest BCUT2D eigenvalue weighted by Crippen LogP contribution is 2.24. The number of benzene rings is 1. The summed E-state index contributed by atoms with van der Waals surface area (Å²) in [6.45, 7) is 8.57. The molecule has 1 aromatic carbocycles. The first kappa shape index (κ1) is 15.8. The van der Waals surface area contributed by atoms with Crippen LogP contribution in [0.25, 0.3) is 0 Å². The molecular weight excluding hydrogens is 278 g/mol. The van der Waals surface area contributed by atoms with Gasteiger partial charge in [0, 0.05) is 10.6 Å². The van der Waals surface area contributed by atoms with Gasteiger partial charge >= 0.3 is 0 Å². The van der Waals surface area contributed by atoms with Crippen molar-refractivity contribution in [2.45, 2.75) is 46.5 Å². The largest absolute Gasteiger partial charge is 0.321 e. The van der Waals surface area contributed by atoms with Crippen molar-refractivity contribution in [1.29, 1.82) is 0 Å². The molecule has 2 aromatic rings. The van der Waals surface area contributed by atoms with E-state index in [0.717, 1.165) is 23.4 Å². The normalized spacial score (nSPS) is 10.9. The Morgan fingerprint density at radius 3 is 2.48 bits per heavy atom. The molecule has 0 saturated heterocycles. The van der Waals surface area contributed by atoms with Gasteiger partial charge < -0.3 is 5.32 Å². The Hall–Kier alpha value is -1.61. The van der Waals surface area contributed by atoms with E-state index in [1.165, 1.54) is 16.0 Å². The van der Waals surface area contributed by atoms with Gasteiger partial charge in [-0.05, 0) is 48.6 Å². The van der Waals surface area contributed by atoms with Crippen LogP contribution in [0.2, 0.25) is 0 Å². The van der Waals surface area contributed by atoms with Gasteiger partial charge in [-0.1, -0.05) is 39.3 Å². The number of aryl methyl sites for hydroxylation is 2. The van der Waals surface area contributed by atoms with Crippen molar-refractivity contribution in [2.75, 3.05) is 5.32 Å². The first-order chi connectivity index (χ1) is 10.0. The number of nitrogens with one attached hydrogen (secondary N) is 1. The standard InChI is InChI=1S/C18H23NOS/c1-5-6-15-11-17(21-13(15)4)18(20)19-16-9-7-14(8-10-16)12(2)3/h7-12H,5-6H2,1-4H3,(H,19,20). The summed E-state index contributed by atoms with van der Waals surface area (Å²) in [4.78, 5) is 14.3.